The van der Waals surface area contributed by atoms with E-state index in [4.69, 9.17) is 21.1 Å². The Morgan fingerprint density at radius 2 is 2.12 bits per heavy atom. The van der Waals surface area contributed by atoms with Crippen LogP contribution in [-0.4, -0.2) is 52.0 Å². The molecule has 2 aliphatic heterocycles. The topological polar surface area (TPSA) is 54.9 Å². The lowest BCUT2D eigenvalue weighted by molar-refractivity contribution is 0.0513. The van der Waals surface area contributed by atoms with Crippen molar-refractivity contribution in [1.82, 2.24) is 10.6 Å². The van der Waals surface area contributed by atoms with Crippen molar-refractivity contribution in [3.05, 3.63) is 34.9 Å². The summed E-state index contributed by atoms with van der Waals surface area (Å²) in [5.41, 5.74) is 1.29. The standard InChI is InChI=1S/C19H28ClN3O2/c1-21-18(22-13-17-6-3-9-25-17)23-14-19(7-10-24-11-8-19)15-4-2-5-16(20)12-15/h2,4-5,12,17H,3,6-11,13-14H2,1H3,(H2,21,22,23). The third-order valence-electron chi connectivity index (χ3n) is 5.23. The molecule has 0 radical (unpaired) electrons. The average molecular weight is 366 g/mol. The summed E-state index contributed by atoms with van der Waals surface area (Å²) < 4.78 is 11.3. The Labute approximate surface area is 155 Å². The molecule has 0 amide bonds. The summed E-state index contributed by atoms with van der Waals surface area (Å²) in [6.07, 6.45) is 4.51. The first-order chi connectivity index (χ1) is 12.2. The van der Waals surface area contributed by atoms with Gasteiger partial charge in [-0.05, 0) is 43.4 Å². The normalized spacial score (nSPS) is 23.4. The van der Waals surface area contributed by atoms with E-state index in [9.17, 15) is 0 Å². The number of ether oxygens (including phenoxy) is 2. The predicted molar refractivity (Wildman–Crippen MR) is 102 cm³/mol. The number of aliphatic imine (C=N–C) groups is 1. The van der Waals surface area contributed by atoms with Gasteiger partial charge in [0, 0.05) is 50.4 Å². The number of benzene rings is 1. The fraction of sp³-hybridized carbons (Fsp3) is 0.632. The minimum absolute atomic E-state index is 0.0185. The SMILES string of the molecule is CN=C(NCC1CCCO1)NCC1(c2cccc(Cl)c2)CCOCC1. The Morgan fingerprint density at radius 1 is 1.28 bits per heavy atom. The van der Waals surface area contributed by atoms with Crippen LogP contribution in [0.4, 0.5) is 0 Å². The van der Waals surface area contributed by atoms with Gasteiger partial charge in [-0.1, -0.05) is 23.7 Å². The molecular weight excluding hydrogens is 338 g/mol. The van der Waals surface area contributed by atoms with Gasteiger partial charge in [-0.3, -0.25) is 4.99 Å². The van der Waals surface area contributed by atoms with Crippen LogP contribution in [0.15, 0.2) is 29.3 Å². The van der Waals surface area contributed by atoms with Crippen LogP contribution in [0.5, 0.6) is 0 Å². The molecule has 3 rings (SSSR count). The van der Waals surface area contributed by atoms with Crippen molar-refractivity contribution in [3.8, 4) is 0 Å². The van der Waals surface area contributed by atoms with Crippen LogP contribution in [0.3, 0.4) is 0 Å². The molecule has 1 aromatic carbocycles. The first-order valence-electron chi connectivity index (χ1n) is 9.12. The maximum absolute atomic E-state index is 6.24. The van der Waals surface area contributed by atoms with Crippen molar-refractivity contribution in [1.29, 1.82) is 0 Å². The maximum atomic E-state index is 6.24. The second kappa shape index (κ2) is 8.88. The molecule has 2 fully saturated rings. The maximum Gasteiger partial charge on any atom is 0.191 e. The Hall–Kier alpha value is -1.30. The molecule has 1 unspecified atom stereocenters. The Bertz CT molecular complexity index is 582. The highest BCUT2D eigenvalue weighted by Crippen LogP contribution is 2.35. The van der Waals surface area contributed by atoms with Gasteiger partial charge in [0.05, 0.1) is 6.10 Å². The number of hydrogen-bond donors (Lipinski definition) is 2. The van der Waals surface area contributed by atoms with E-state index in [1.165, 1.54) is 5.56 Å². The summed E-state index contributed by atoms with van der Waals surface area (Å²) in [4.78, 5) is 4.36. The van der Waals surface area contributed by atoms with E-state index < -0.39 is 0 Å². The predicted octanol–water partition coefficient (Wildman–Crippen LogP) is 2.73. The van der Waals surface area contributed by atoms with Gasteiger partial charge in [-0.2, -0.15) is 0 Å². The first-order valence-corrected chi connectivity index (χ1v) is 9.50. The second-order valence-corrected chi connectivity index (χ2v) is 7.28. The number of rotatable bonds is 5. The van der Waals surface area contributed by atoms with Gasteiger partial charge >= 0.3 is 0 Å². The smallest absolute Gasteiger partial charge is 0.191 e. The Morgan fingerprint density at radius 3 is 2.80 bits per heavy atom. The van der Waals surface area contributed by atoms with Crippen LogP contribution in [0.1, 0.15) is 31.2 Å². The lowest BCUT2D eigenvalue weighted by atomic mass is 9.74. The largest absolute Gasteiger partial charge is 0.381 e. The first kappa shape index (κ1) is 18.5. The van der Waals surface area contributed by atoms with Gasteiger partial charge in [0.25, 0.3) is 0 Å². The molecule has 0 spiro atoms. The van der Waals surface area contributed by atoms with E-state index in [0.717, 1.165) is 69.6 Å². The van der Waals surface area contributed by atoms with E-state index in [-0.39, 0.29) is 5.41 Å². The molecule has 2 N–H and O–H groups in total. The fourth-order valence-electron chi connectivity index (χ4n) is 3.64. The number of nitrogens with zero attached hydrogens (tertiary/aromatic N) is 1. The van der Waals surface area contributed by atoms with Gasteiger partial charge in [0.2, 0.25) is 0 Å². The van der Waals surface area contributed by atoms with Crippen LogP contribution in [0, 0.1) is 0 Å². The van der Waals surface area contributed by atoms with Crippen molar-refractivity contribution in [2.45, 2.75) is 37.2 Å². The van der Waals surface area contributed by atoms with Crippen molar-refractivity contribution in [2.75, 3.05) is 40.0 Å². The summed E-state index contributed by atoms with van der Waals surface area (Å²) in [6.45, 7) is 4.03. The van der Waals surface area contributed by atoms with E-state index in [1.807, 2.05) is 12.1 Å². The summed E-state index contributed by atoms with van der Waals surface area (Å²) in [7, 11) is 1.81. The molecule has 1 aromatic rings. The van der Waals surface area contributed by atoms with Gasteiger partial charge in [0.15, 0.2) is 5.96 Å². The molecule has 0 bridgehead atoms. The molecule has 6 heteroatoms. The quantitative estimate of drug-likeness (QED) is 0.622. The third kappa shape index (κ3) is 4.87. The minimum atomic E-state index is 0.0185. The Kier molecular flexibility index (Phi) is 6.57. The van der Waals surface area contributed by atoms with Crippen LogP contribution in [0.2, 0.25) is 5.02 Å². The lowest BCUT2D eigenvalue weighted by Gasteiger charge is -2.38. The summed E-state index contributed by atoms with van der Waals surface area (Å²) in [5, 5.41) is 7.68. The van der Waals surface area contributed by atoms with Crippen molar-refractivity contribution >= 4 is 17.6 Å². The van der Waals surface area contributed by atoms with Crippen LogP contribution in [-0.2, 0) is 14.9 Å². The highest BCUT2D eigenvalue weighted by Gasteiger charge is 2.34. The lowest BCUT2D eigenvalue weighted by Crippen LogP contribution is -2.49. The monoisotopic (exact) mass is 365 g/mol. The molecule has 2 aliphatic rings. The molecule has 0 saturated carbocycles. The number of hydrogen-bond acceptors (Lipinski definition) is 3. The van der Waals surface area contributed by atoms with Gasteiger partial charge in [-0.25, -0.2) is 0 Å². The molecule has 0 aliphatic carbocycles. The van der Waals surface area contributed by atoms with Crippen LogP contribution in [0.25, 0.3) is 0 Å². The van der Waals surface area contributed by atoms with Crippen molar-refractivity contribution in [2.24, 2.45) is 4.99 Å². The molecule has 2 saturated heterocycles. The fourth-order valence-corrected chi connectivity index (χ4v) is 3.83. The molecular formula is C19H28ClN3O2. The highest BCUT2D eigenvalue weighted by molar-refractivity contribution is 6.30. The zero-order chi connectivity index (χ0) is 17.5. The second-order valence-electron chi connectivity index (χ2n) is 6.84. The van der Waals surface area contributed by atoms with Crippen molar-refractivity contribution < 1.29 is 9.47 Å². The molecule has 25 heavy (non-hydrogen) atoms. The van der Waals surface area contributed by atoms with E-state index >= 15 is 0 Å². The highest BCUT2D eigenvalue weighted by atomic mass is 35.5. The van der Waals surface area contributed by atoms with E-state index in [1.54, 1.807) is 7.05 Å². The van der Waals surface area contributed by atoms with E-state index in [0.29, 0.717) is 6.10 Å². The third-order valence-corrected chi connectivity index (χ3v) is 5.46. The van der Waals surface area contributed by atoms with E-state index in [2.05, 4.69) is 27.8 Å². The van der Waals surface area contributed by atoms with Gasteiger partial charge in [-0.15, -0.1) is 0 Å². The molecule has 138 valence electrons. The molecule has 2 heterocycles. The zero-order valence-corrected chi connectivity index (χ0v) is 15.6. The molecule has 5 nitrogen and oxygen atoms in total. The summed E-state index contributed by atoms with van der Waals surface area (Å²) in [6, 6.07) is 8.20. The zero-order valence-electron chi connectivity index (χ0n) is 14.9. The van der Waals surface area contributed by atoms with Crippen LogP contribution < -0.4 is 10.6 Å². The summed E-state index contributed by atoms with van der Waals surface area (Å²) in [5.74, 6) is 0.823. The van der Waals surface area contributed by atoms with Crippen LogP contribution >= 0.6 is 11.6 Å². The van der Waals surface area contributed by atoms with Gasteiger partial charge < -0.3 is 20.1 Å². The van der Waals surface area contributed by atoms with Gasteiger partial charge in [0.1, 0.15) is 0 Å². The number of halogens is 1. The molecule has 1 atom stereocenters. The Balaban J connectivity index is 1.63. The number of guanidine groups is 1. The number of nitrogens with one attached hydrogen (secondary N) is 2. The summed E-state index contributed by atoms with van der Waals surface area (Å²) >= 11 is 6.24. The minimum Gasteiger partial charge on any atom is -0.381 e. The average Bonchev–Trinajstić information content (AvgIpc) is 3.16. The van der Waals surface area contributed by atoms with Crippen molar-refractivity contribution in [3.63, 3.8) is 0 Å². The molecule has 0 aromatic heterocycles.